The van der Waals surface area contributed by atoms with Crippen molar-refractivity contribution in [1.82, 2.24) is 0 Å². The van der Waals surface area contributed by atoms with Gasteiger partial charge in [-0.15, -0.1) is 6.58 Å². The van der Waals surface area contributed by atoms with E-state index in [0.717, 1.165) is 57.5 Å². The number of thioether (sulfide) groups is 2. The molecule has 246 valence electrons. The minimum atomic E-state index is -0.549. The van der Waals surface area contributed by atoms with Crippen LogP contribution in [0.3, 0.4) is 0 Å². The van der Waals surface area contributed by atoms with E-state index >= 15 is 0 Å². The van der Waals surface area contributed by atoms with E-state index in [-0.39, 0.29) is 0 Å². The molecule has 4 aromatic rings. The molecule has 7 heteroatoms. The number of fused-ring (bicyclic) bond motifs is 3. The zero-order valence-electron chi connectivity index (χ0n) is 28.2. The van der Waals surface area contributed by atoms with Crippen LogP contribution in [0.2, 0.25) is 0 Å². The first kappa shape index (κ1) is 32.9. The normalized spacial score (nSPS) is 20.8. The minimum absolute atomic E-state index is 0.549. The van der Waals surface area contributed by atoms with Gasteiger partial charge in [0.05, 0.1) is 16.4 Å². The Morgan fingerprint density at radius 3 is 2.50 bits per heavy atom. The van der Waals surface area contributed by atoms with E-state index in [9.17, 15) is 0 Å². The zero-order valence-corrected chi connectivity index (χ0v) is 30.6. The van der Waals surface area contributed by atoms with E-state index in [1.165, 1.54) is 52.6 Å². The van der Waals surface area contributed by atoms with Crippen molar-refractivity contribution in [3.63, 3.8) is 0 Å². The number of hydrogen-bond acceptors (Lipinski definition) is 6. The summed E-state index contributed by atoms with van der Waals surface area (Å²) in [5.41, 5.74) is 6.38. The monoisotopic (exact) mass is 690 g/mol. The summed E-state index contributed by atoms with van der Waals surface area (Å²) in [6.07, 6.45) is 16.4. The number of anilines is 2. The van der Waals surface area contributed by atoms with Crippen LogP contribution in [-0.2, 0) is 11.3 Å². The molecule has 0 radical (unpaired) electrons. The van der Waals surface area contributed by atoms with Crippen molar-refractivity contribution in [2.75, 3.05) is 22.9 Å². The van der Waals surface area contributed by atoms with Crippen LogP contribution >= 0.6 is 34.9 Å². The van der Waals surface area contributed by atoms with Gasteiger partial charge in [-0.2, -0.15) is 4.57 Å². The standard InChI is InChI=1S/C41H44N3OS3/c1-5-8-29-43-33-19-10-13-22-36(33)47-39(43)27-25-31-17-15-16-30(24-26-38-42(7-3)32-18-9-12-21-35(32)46-38)40(31)45-41(4)44(28-6-2)34-20-11-14-23-37(34)48-41/h5,9-14,18-27H,1,6-8,15-17,28-29H2,2-4H3/q+1. The van der Waals surface area contributed by atoms with Gasteiger partial charge in [-0.05, 0) is 86.2 Å². The molecule has 0 N–H and O–H groups in total. The molecule has 1 aromatic heterocycles. The lowest BCUT2D eigenvalue weighted by atomic mass is 9.92. The quantitative estimate of drug-likeness (QED) is 0.115. The summed E-state index contributed by atoms with van der Waals surface area (Å²) in [5.74, 6) is 1.03. The van der Waals surface area contributed by atoms with Gasteiger partial charge in [0, 0.05) is 48.4 Å². The Hall–Kier alpha value is -3.65. The molecule has 3 aromatic carbocycles. The fourth-order valence-electron chi connectivity index (χ4n) is 6.88. The molecule has 2 aliphatic heterocycles. The van der Waals surface area contributed by atoms with Crippen LogP contribution in [0.5, 0.6) is 0 Å². The van der Waals surface area contributed by atoms with Crippen LogP contribution in [0.25, 0.3) is 16.3 Å². The van der Waals surface area contributed by atoms with E-state index in [1.807, 2.05) is 40.9 Å². The van der Waals surface area contributed by atoms with Crippen molar-refractivity contribution in [3.8, 4) is 0 Å². The summed E-state index contributed by atoms with van der Waals surface area (Å²) in [6, 6.07) is 26.2. The van der Waals surface area contributed by atoms with Gasteiger partial charge in [0.2, 0.25) is 10.6 Å². The largest absolute Gasteiger partial charge is 0.458 e. The zero-order chi connectivity index (χ0) is 33.1. The molecule has 1 unspecified atom stereocenters. The Morgan fingerprint density at radius 1 is 0.917 bits per heavy atom. The molecular formula is C41H44N3OS3+. The van der Waals surface area contributed by atoms with Crippen LogP contribution in [-0.4, -0.2) is 18.1 Å². The Bertz CT molecular complexity index is 1950. The molecule has 0 saturated heterocycles. The van der Waals surface area contributed by atoms with E-state index in [0.29, 0.717) is 0 Å². The lowest BCUT2D eigenvalue weighted by Gasteiger charge is -2.38. The predicted octanol–water partition coefficient (Wildman–Crippen LogP) is 11.3. The van der Waals surface area contributed by atoms with Gasteiger partial charge >= 0.3 is 0 Å². The number of ether oxygens (including phenoxy) is 1. The minimum Gasteiger partial charge on any atom is -0.458 e. The number of benzene rings is 3. The highest BCUT2D eigenvalue weighted by Crippen LogP contribution is 2.53. The average molecular weight is 691 g/mol. The summed E-state index contributed by atoms with van der Waals surface area (Å²) in [5, 5.41) is 1.97. The van der Waals surface area contributed by atoms with E-state index < -0.39 is 5.06 Å². The number of rotatable bonds is 11. The molecule has 1 atom stereocenters. The predicted molar refractivity (Wildman–Crippen MR) is 208 cm³/mol. The molecule has 48 heavy (non-hydrogen) atoms. The molecular weight excluding hydrogens is 647 g/mol. The van der Waals surface area contributed by atoms with E-state index in [1.54, 1.807) is 0 Å². The fraction of sp³-hybridized carbons (Fsp3) is 0.293. The van der Waals surface area contributed by atoms with Gasteiger partial charge in [-0.25, -0.2) is 0 Å². The first-order valence-corrected chi connectivity index (χ1v) is 19.6. The number of nitrogens with zero attached hydrogens (tertiary/aromatic N) is 3. The Labute approximate surface area is 298 Å². The Kier molecular flexibility index (Phi) is 9.90. The van der Waals surface area contributed by atoms with Gasteiger partial charge in [0.15, 0.2) is 6.54 Å². The maximum atomic E-state index is 7.37. The molecule has 3 aliphatic rings. The highest BCUT2D eigenvalue weighted by atomic mass is 32.2. The van der Waals surface area contributed by atoms with Gasteiger partial charge < -0.3 is 14.5 Å². The van der Waals surface area contributed by atoms with Crippen LogP contribution < -0.4 is 14.4 Å². The van der Waals surface area contributed by atoms with Crippen molar-refractivity contribution < 1.29 is 9.30 Å². The van der Waals surface area contributed by atoms with Crippen LogP contribution in [0.15, 0.2) is 135 Å². The number of allylic oxidation sites excluding steroid dienone is 6. The van der Waals surface area contributed by atoms with Crippen LogP contribution in [0.4, 0.5) is 11.4 Å². The van der Waals surface area contributed by atoms with Crippen LogP contribution in [0.1, 0.15) is 57.9 Å². The maximum Gasteiger partial charge on any atom is 0.262 e. The molecule has 1 aliphatic carbocycles. The second-order valence-electron chi connectivity index (χ2n) is 12.4. The molecule has 0 saturated carbocycles. The molecule has 0 spiro atoms. The van der Waals surface area contributed by atoms with E-state index in [4.69, 9.17) is 4.74 Å². The number of para-hydroxylation sites is 3. The summed E-state index contributed by atoms with van der Waals surface area (Å²) in [7, 11) is 0. The molecule has 7 rings (SSSR count). The lowest BCUT2D eigenvalue weighted by molar-refractivity contribution is -0.667. The van der Waals surface area contributed by atoms with Crippen molar-refractivity contribution in [1.29, 1.82) is 0 Å². The maximum absolute atomic E-state index is 7.37. The second kappa shape index (κ2) is 14.5. The van der Waals surface area contributed by atoms with Gasteiger partial charge in [-0.1, -0.05) is 90.3 Å². The third kappa shape index (κ3) is 6.40. The topological polar surface area (TPSA) is 19.6 Å². The summed E-state index contributed by atoms with van der Waals surface area (Å²) in [4.78, 5) is 7.48. The molecule has 4 nitrogen and oxygen atoms in total. The highest BCUT2D eigenvalue weighted by Gasteiger charge is 2.44. The SMILES string of the molecule is C=CCC[n+]1c(C=CC2=C(OC3(C)Sc4ccccc4N3CCC)C(=CC=C3Sc4ccccc4N3CC)CCC2)sc2ccccc21. The summed E-state index contributed by atoms with van der Waals surface area (Å²) in [6.45, 7) is 13.5. The summed E-state index contributed by atoms with van der Waals surface area (Å²) >= 11 is 5.54. The number of aryl methyl sites for hydroxylation is 1. The first-order chi connectivity index (χ1) is 23.5. The van der Waals surface area contributed by atoms with Crippen LogP contribution in [0, 0.1) is 0 Å². The molecule has 0 amide bonds. The first-order valence-electron chi connectivity index (χ1n) is 17.2. The van der Waals surface area contributed by atoms with Crippen molar-refractivity contribution >= 4 is 62.5 Å². The molecule has 3 heterocycles. The fourth-order valence-corrected chi connectivity index (χ4v) is 10.4. The van der Waals surface area contributed by atoms with E-state index in [2.05, 4.69) is 139 Å². The number of thiazole rings is 1. The molecule has 0 fully saturated rings. The lowest BCUT2D eigenvalue weighted by Crippen LogP contribution is -2.43. The Balaban J connectivity index is 1.30. The third-order valence-electron chi connectivity index (χ3n) is 9.16. The van der Waals surface area contributed by atoms with Crippen molar-refractivity contribution in [2.24, 2.45) is 0 Å². The Morgan fingerprint density at radius 2 is 1.69 bits per heavy atom. The highest BCUT2D eigenvalue weighted by molar-refractivity contribution is 8.03. The van der Waals surface area contributed by atoms with Crippen molar-refractivity contribution in [3.05, 3.63) is 131 Å². The van der Waals surface area contributed by atoms with Gasteiger partial charge in [0.1, 0.15) is 10.5 Å². The summed E-state index contributed by atoms with van der Waals surface area (Å²) < 4.78 is 11.1. The average Bonchev–Trinajstić information content (AvgIpc) is 3.74. The third-order valence-corrected chi connectivity index (χ3v) is 12.7. The van der Waals surface area contributed by atoms with Gasteiger partial charge in [0.25, 0.3) is 5.01 Å². The number of aromatic nitrogens is 1. The molecule has 0 bridgehead atoms. The second-order valence-corrected chi connectivity index (χ2v) is 15.9. The smallest absolute Gasteiger partial charge is 0.262 e. The number of hydrogen-bond donors (Lipinski definition) is 0. The van der Waals surface area contributed by atoms with Crippen molar-refractivity contribution in [2.45, 2.75) is 74.3 Å². The van der Waals surface area contributed by atoms with Gasteiger partial charge in [-0.3, -0.25) is 0 Å².